The van der Waals surface area contributed by atoms with Gasteiger partial charge in [0.2, 0.25) is 0 Å². The van der Waals surface area contributed by atoms with Gasteiger partial charge in [0.15, 0.2) is 4.80 Å². The smallest absolute Gasteiger partial charge is 0.338 e. The monoisotopic (exact) mass is 462 g/mol. The average molecular weight is 463 g/mol. The van der Waals surface area contributed by atoms with Crippen molar-refractivity contribution in [3.8, 4) is 5.75 Å². The second-order valence-corrected chi connectivity index (χ2v) is 9.18. The van der Waals surface area contributed by atoms with Gasteiger partial charge in [0, 0.05) is 0 Å². The molecule has 2 heterocycles. The number of methoxy groups -OCH3 is 2. The Morgan fingerprint density at radius 3 is 2.33 bits per heavy atom. The third kappa shape index (κ3) is 4.28. The number of rotatable bonds is 5. The molecule has 170 valence electrons. The molecule has 1 atom stereocenters. The van der Waals surface area contributed by atoms with Gasteiger partial charge in [0.1, 0.15) is 5.75 Å². The van der Waals surface area contributed by atoms with Crippen molar-refractivity contribution in [2.75, 3.05) is 14.2 Å². The van der Waals surface area contributed by atoms with Gasteiger partial charge in [0.25, 0.3) is 5.56 Å². The highest BCUT2D eigenvalue weighted by Gasteiger charge is 2.33. The van der Waals surface area contributed by atoms with Crippen LogP contribution in [0.4, 0.5) is 0 Å². The molecule has 0 radical (unpaired) electrons. The standard InChI is InChI=1S/C26H26N2O4S/c1-15(2)18-8-6-17(7-9-18)14-21-24(29)28-23(19-10-12-20(31-4)13-11-19)22(25(30)32-5)16(3)27-26(28)33-21/h6-15,23H,1-5H3/b21-14+/t23-/m1/s1. The molecule has 4 rings (SSSR count). The van der Waals surface area contributed by atoms with E-state index in [1.54, 1.807) is 18.6 Å². The van der Waals surface area contributed by atoms with Crippen molar-refractivity contribution in [1.29, 1.82) is 0 Å². The predicted molar refractivity (Wildman–Crippen MR) is 129 cm³/mol. The molecule has 0 unspecified atom stereocenters. The maximum Gasteiger partial charge on any atom is 0.338 e. The van der Waals surface area contributed by atoms with E-state index >= 15 is 0 Å². The highest BCUT2D eigenvalue weighted by Crippen LogP contribution is 2.31. The molecule has 1 aliphatic rings. The average Bonchev–Trinajstić information content (AvgIpc) is 3.12. The molecule has 3 aromatic rings. The second-order valence-electron chi connectivity index (χ2n) is 8.17. The molecular weight excluding hydrogens is 436 g/mol. The number of allylic oxidation sites excluding steroid dienone is 1. The van der Waals surface area contributed by atoms with Crippen LogP contribution in [0, 0.1) is 0 Å². The van der Waals surface area contributed by atoms with E-state index in [0.717, 1.165) is 11.1 Å². The maximum atomic E-state index is 13.5. The highest BCUT2D eigenvalue weighted by molar-refractivity contribution is 7.07. The predicted octanol–water partition coefficient (Wildman–Crippen LogP) is 3.54. The molecule has 2 aromatic carbocycles. The SMILES string of the molecule is COC(=O)C1=C(C)N=c2s/c(=C/c3ccc(C(C)C)cc3)c(=O)n2[C@@H]1c1ccc(OC)cc1. The summed E-state index contributed by atoms with van der Waals surface area (Å²) in [6.07, 6.45) is 1.87. The number of aromatic nitrogens is 1. The van der Waals surface area contributed by atoms with Crippen LogP contribution in [-0.2, 0) is 9.53 Å². The Bertz CT molecular complexity index is 1390. The molecule has 0 spiro atoms. The lowest BCUT2D eigenvalue weighted by Gasteiger charge is -2.24. The van der Waals surface area contributed by atoms with Gasteiger partial charge in [-0.15, -0.1) is 0 Å². The number of ether oxygens (including phenoxy) is 2. The molecule has 0 aliphatic carbocycles. The van der Waals surface area contributed by atoms with Crippen LogP contribution in [-0.4, -0.2) is 24.8 Å². The van der Waals surface area contributed by atoms with E-state index in [9.17, 15) is 9.59 Å². The van der Waals surface area contributed by atoms with Crippen molar-refractivity contribution >= 4 is 23.4 Å². The fourth-order valence-electron chi connectivity index (χ4n) is 3.92. The van der Waals surface area contributed by atoms with Gasteiger partial charge in [-0.25, -0.2) is 9.79 Å². The number of thiazole rings is 1. The summed E-state index contributed by atoms with van der Waals surface area (Å²) in [5.74, 6) is 0.625. The van der Waals surface area contributed by atoms with E-state index in [0.29, 0.717) is 32.3 Å². The van der Waals surface area contributed by atoms with Crippen molar-refractivity contribution in [1.82, 2.24) is 4.57 Å². The number of hydrogen-bond acceptors (Lipinski definition) is 6. The van der Waals surface area contributed by atoms with E-state index in [1.807, 2.05) is 42.5 Å². The molecule has 7 heteroatoms. The third-order valence-corrected chi connectivity index (χ3v) is 6.74. The van der Waals surface area contributed by atoms with Gasteiger partial charge < -0.3 is 9.47 Å². The summed E-state index contributed by atoms with van der Waals surface area (Å²) in [6, 6.07) is 14.9. The summed E-state index contributed by atoms with van der Waals surface area (Å²) in [7, 11) is 2.93. The zero-order chi connectivity index (χ0) is 23.7. The zero-order valence-corrected chi connectivity index (χ0v) is 20.1. The number of nitrogens with zero attached hydrogens (tertiary/aromatic N) is 2. The minimum absolute atomic E-state index is 0.193. The number of carbonyl (C=O) groups excluding carboxylic acids is 1. The first-order valence-corrected chi connectivity index (χ1v) is 11.5. The topological polar surface area (TPSA) is 69.9 Å². The lowest BCUT2D eigenvalue weighted by Crippen LogP contribution is -2.39. The van der Waals surface area contributed by atoms with Crippen LogP contribution in [0.3, 0.4) is 0 Å². The van der Waals surface area contributed by atoms with Crippen molar-refractivity contribution in [3.63, 3.8) is 0 Å². The maximum absolute atomic E-state index is 13.5. The highest BCUT2D eigenvalue weighted by atomic mass is 32.1. The van der Waals surface area contributed by atoms with E-state index < -0.39 is 12.0 Å². The number of hydrogen-bond donors (Lipinski definition) is 0. The lowest BCUT2D eigenvalue weighted by atomic mass is 9.96. The van der Waals surface area contributed by atoms with Crippen LogP contribution in [0.5, 0.6) is 5.75 Å². The van der Waals surface area contributed by atoms with Crippen LogP contribution in [0.15, 0.2) is 69.6 Å². The molecule has 6 nitrogen and oxygen atoms in total. The molecule has 0 amide bonds. The Morgan fingerprint density at radius 1 is 1.09 bits per heavy atom. The van der Waals surface area contributed by atoms with Crippen molar-refractivity contribution < 1.29 is 14.3 Å². The molecule has 0 N–H and O–H groups in total. The van der Waals surface area contributed by atoms with Crippen LogP contribution in [0.2, 0.25) is 0 Å². The summed E-state index contributed by atoms with van der Waals surface area (Å²) < 4.78 is 12.5. The van der Waals surface area contributed by atoms with Crippen LogP contribution in [0.25, 0.3) is 6.08 Å². The number of carbonyl (C=O) groups is 1. The normalized spacial score (nSPS) is 15.9. The van der Waals surface area contributed by atoms with Crippen LogP contribution in [0.1, 0.15) is 49.4 Å². The van der Waals surface area contributed by atoms with Crippen molar-refractivity contribution in [2.45, 2.75) is 32.7 Å². The van der Waals surface area contributed by atoms with Gasteiger partial charge in [0.05, 0.1) is 36.1 Å². The summed E-state index contributed by atoms with van der Waals surface area (Å²) in [4.78, 5) is 31.4. The van der Waals surface area contributed by atoms with E-state index in [-0.39, 0.29) is 5.56 Å². The minimum Gasteiger partial charge on any atom is -0.497 e. The van der Waals surface area contributed by atoms with E-state index in [1.165, 1.54) is 24.0 Å². The number of esters is 1. The summed E-state index contributed by atoms with van der Waals surface area (Å²) in [6.45, 7) is 6.06. The first-order chi connectivity index (χ1) is 15.8. The molecular formula is C26H26N2O4S. The van der Waals surface area contributed by atoms with Gasteiger partial charge in [-0.1, -0.05) is 61.6 Å². The Morgan fingerprint density at radius 2 is 1.76 bits per heavy atom. The largest absolute Gasteiger partial charge is 0.497 e. The first kappa shape index (κ1) is 22.7. The molecule has 0 saturated carbocycles. The number of benzene rings is 2. The lowest BCUT2D eigenvalue weighted by molar-refractivity contribution is -0.136. The fraction of sp³-hybridized carbons (Fsp3) is 0.269. The molecule has 33 heavy (non-hydrogen) atoms. The van der Waals surface area contributed by atoms with Gasteiger partial charge in [-0.2, -0.15) is 0 Å². The Balaban J connectivity index is 1.90. The summed E-state index contributed by atoms with van der Waals surface area (Å²) in [5, 5.41) is 0. The molecule has 1 aliphatic heterocycles. The van der Waals surface area contributed by atoms with E-state index in [2.05, 4.69) is 31.0 Å². The van der Waals surface area contributed by atoms with E-state index in [4.69, 9.17) is 9.47 Å². The minimum atomic E-state index is -0.634. The Hall–Kier alpha value is -3.45. The third-order valence-electron chi connectivity index (χ3n) is 5.76. The first-order valence-electron chi connectivity index (χ1n) is 10.7. The molecule has 0 fully saturated rings. The Labute approximate surface area is 196 Å². The quantitative estimate of drug-likeness (QED) is 0.544. The van der Waals surface area contributed by atoms with Gasteiger partial charge >= 0.3 is 5.97 Å². The molecule has 1 aromatic heterocycles. The number of fused-ring (bicyclic) bond motifs is 1. The summed E-state index contributed by atoms with van der Waals surface area (Å²) in [5.41, 5.74) is 3.65. The molecule has 0 saturated heterocycles. The fourth-order valence-corrected chi connectivity index (χ4v) is 4.97. The van der Waals surface area contributed by atoms with Gasteiger partial charge in [-0.05, 0) is 47.7 Å². The van der Waals surface area contributed by atoms with Crippen LogP contribution < -0.4 is 19.6 Å². The van der Waals surface area contributed by atoms with Crippen molar-refractivity contribution in [2.24, 2.45) is 4.99 Å². The van der Waals surface area contributed by atoms with Crippen molar-refractivity contribution in [3.05, 3.63) is 96.2 Å². The van der Waals surface area contributed by atoms with Gasteiger partial charge in [-0.3, -0.25) is 9.36 Å². The Kier molecular flexibility index (Phi) is 6.33. The second kappa shape index (κ2) is 9.19. The summed E-state index contributed by atoms with van der Waals surface area (Å²) >= 11 is 1.32. The zero-order valence-electron chi connectivity index (χ0n) is 19.3. The van der Waals surface area contributed by atoms with Crippen LogP contribution >= 0.6 is 11.3 Å². The molecule has 0 bridgehead atoms.